The minimum absolute atomic E-state index is 0.0227. The Morgan fingerprint density at radius 2 is 1.70 bits per heavy atom. The normalized spacial score (nSPS) is 18.3. The third-order valence-electron chi connectivity index (χ3n) is 4.68. The molecule has 2 aromatic rings. The summed E-state index contributed by atoms with van der Waals surface area (Å²) in [6.45, 7) is -0.0907. The van der Waals surface area contributed by atoms with Crippen molar-refractivity contribution in [1.29, 1.82) is 0 Å². The van der Waals surface area contributed by atoms with Crippen molar-refractivity contribution in [3.8, 4) is 23.0 Å². The molecule has 2 unspecified atom stereocenters. The molecular formula is C21H24O6. The molecule has 2 N–H and O–H groups in total. The van der Waals surface area contributed by atoms with Gasteiger partial charge in [-0.15, -0.1) is 0 Å². The lowest BCUT2D eigenvalue weighted by molar-refractivity contribution is 0.159. The van der Waals surface area contributed by atoms with Gasteiger partial charge in [0.1, 0.15) is 11.9 Å². The lowest BCUT2D eigenvalue weighted by Gasteiger charge is -2.20. The van der Waals surface area contributed by atoms with E-state index in [9.17, 15) is 5.11 Å². The van der Waals surface area contributed by atoms with Crippen molar-refractivity contribution in [1.82, 2.24) is 0 Å². The summed E-state index contributed by atoms with van der Waals surface area (Å²) in [7, 11) is 4.68. The minimum Gasteiger partial charge on any atom is -0.493 e. The molecule has 1 heterocycles. The Morgan fingerprint density at radius 1 is 1.00 bits per heavy atom. The Bertz CT molecular complexity index is 804. The van der Waals surface area contributed by atoms with Crippen LogP contribution in [0.2, 0.25) is 0 Å². The molecule has 0 saturated carbocycles. The van der Waals surface area contributed by atoms with Crippen molar-refractivity contribution < 1.29 is 29.2 Å². The number of rotatable bonds is 7. The van der Waals surface area contributed by atoms with Crippen molar-refractivity contribution in [2.24, 2.45) is 0 Å². The molecule has 0 fully saturated rings. The predicted molar refractivity (Wildman–Crippen MR) is 102 cm³/mol. The molecule has 27 heavy (non-hydrogen) atoms. The summed E-state index contributed by atoms with van der Waals surface area (Å²) in [4.78, 5) is 0. The molecule has 3 rings (SSSR count). The molecule has 2 atom stereocenters. The lowest BCUT2D eigenvalue weighted by Crippen LogP contribution is -2.14. The van der Waals surface area contributed by atoms with Crippen LogP contribution in [-0.4, -0.2) is 44.8 Å². The Balaban J connectivity index is 2.01. The number of hydrogen-bond donors (Lipinski definition) is 2. The molecule has 6 nitrogen and oxygen atoms in total. The molecule has 0 radical (unpaired) electrons. The second-order valence-corrected chi connectivity index (χ2v) is 6.17. The largest absolute Gasteiger partial charge is 0.493 e. The Morgan fingerprint density at radius 3 is 2.26 bits per heavy atom. The van der Waals surface area contributed by atoms with Gasteiger partial charge in [0, 0.05) is 11.1 Å². The van der Waals surface area contributed by atoms with E-state index in [0.29, 0.717) is 17.2 Å². The topological polar surface area (TPSA) is 77.4 Å². The van der Waals surface area contributed by atoms with Crippen LogP contribution in [0.4, 0.5) is 0 Å². The minimum atomic E-state index is -0.379. The average molecular weight is 372 g/mol. The van der Waals surface area contributed by atoms with Gasteiger partial charge >= 0.3 is 0 Å². The highest BCUT2D eigenvalue weighted by Gasteiger charge is 2.36. The van der Waals surface area contributed by atoms with E-state index in [2.05, 4.69) is 0 Å². The molecule has 0 aliphatic carbocycles. The number of ether oxygens (including phenoxy) is 4. The van der Waals surface area contributed by atoms with Crippen molar-refractivity contribution >= 4 is 6.08 Å². The molecule has 2 aromatic carbocycles. The van der Waals surface area contributed by atoms with Gasteiger partial charge in [-0.2, -0.15) is 0 Å². The maximum absolute atomic E-state index is 10.0. The van der Waals surface area contributed by atoms with Gasteiger partial charge in [0.15, 0.2) is 11.5 Å². The van der Waals surface area contributed by atoms with E-state index in [1.165, 1.54) is 0 Å². The van der Waals surface area contributed by atoms with Crippen LogP contribution in [-0.2, 0) is 0 Å². The van der Waals surface area contributed by atoms with Crippen LogP contribution in [0.15, 0.2) is 36.4 Å². The van der Waals surface area contributed by atoms with Gasteiger partial charge in [0.25, 0.3) is 0 Å². The fourth-order valence-corrected chi connectivity index (χ4v) is 3.40. The molecule has 0 bridgehead atoms. The SMILES string of the molecule is COc1cc(C2Oc3ccc(C=CCO)cc3C2CO)cc(OC)c1OC. The van der Waals surface area contributed by atoms with E-state index in [4.69, 9.17) is 24.1 Å². The summed E-state index contributed by atoms with van der Waals surface area (Å²) < 4.78 is 22.4. The number of benzene rings is 2. The molecule has 6 heteroatoms. The smallest absolute Gasteiger partial charge is 0.203 e. The highest BCUT2D eigenvalue weighted by atomic mass is 16.5. The van der Waals surface area contributed by atoms with E-state index < -0.39 is 0 Å². The van der Waals surface area contributed by atoms with Gasteiger partial charge in [-0.3, -0.25) is 0 Å². The third-order valence-corrected chi connectivity index (χ3v) is 4.68. The molecule has 144 valence electrons. The predicted octanol–water partition coefficient (Wildman–Crippen LogP) is 2.93. The maximum atomic E-state index is 10.0. The molecule has 1 aliphatic rings. The van der Waals surface area contributed by atoms with Gasteiger partial charge in [-0.05, 0) is 29.8 Å². The lowest BCUT2D eigenvalue weighted by atomic mass is 9.90. The summed E-state index contributed by atoms with van der Waals surface area (Å²) in [6.07, 6.45) is 3.12. The van der Waals surface area contributed by atoms with E-state index >= 15 is 0 Å². The fourth-order valence-electron chi connectivity index (χ4n) is 3.40. The Labute approximate surface area is 158 Å². The monoisotopic (exact) mass is 372 g/mol. The molecule has 0 aromatic heterocycles. The Hall–Kier alpha value is -2.70. The van der Waals surface area contributed by atoms with E-state index in [-0.39, 0.29) is 25.2 Å². The molecular weight excluding hydrogens is 348 g/mol. The van der Waals surface area contributed by atoms with Crippen molar-refractivity contribution in [3.05, 3.63) is 53.1 Å². The maximum Gasteiger partial charge on any atom is 0.203 e. The second kappa shape index (κ2) is 8.33. The van der Waals surface area contributed by atoms with Crippen LogP contribution in [0, 0.1) is 0 Å². The van der Waals surface area contributed by atoms with Crippen LogP contribution in [0.1, 0.15) is 28.7 Å². The number of fused-ring (bicyclic) bond motifs is 1. The van der Waals surface area contributed by atoms with Gasteiger partial charge in [-0.25, -0.2) is 0 Å². The zero-order chi connectivity index (χ0) is 19.4. The van der Waals surface area contributed by atoms with E-state index in [1.54, 1.807) is 27.4 Å². The first-order chi connectivity index (χ1) is 13.2. The molecule has 0 saturated heterocycles. The first-order valence-corrected chi connectivity index (χ1v) is 8.65. The standard InChI is InChI=1S/C21H24O6/c1-24-18-10-14(11-19(25-2)21(18)26-3)20-16(12-23)15-9-13(5-4-8-22)6-7-17(15)27-20/h4-7,9-11,16,20,22-23H,8,12H2,1-3H3. The molecule has 0 amide bonds. The quantitative estimate of drug-likeness (QED) is 0.778. The van der Waals surface area contributed by atoms with Crippen molar-refractivity contribution in [3.63, 3.8) is 0 Å². The summed E-state index contributed by atoms with van der Waals surface area (Å²) in [5.74, 6) is 2.08. The summed E-state index contributed by atoms with van der Waals surface area (Å²) in [6, 6.07) is 9.45. The summed E-state index contributed by atoms with van der Waals surface area (Å²) in [5.41, 5.74) is 2.69. The number of hydrogen-bond acceptors (Lipinski definition) is 6. The summed E-state index contributed by atoms with van der Waals surface area (Å²) >= 11 is 0. The van der Waals surface area contributed by atoms with Gasteiger partial charge in [-0.1, -0.05) is 18.2 Å². The van der Waals surface area contributed by atoms with E-state index in [1.807, 2.05) is 36.4 Å². The third kappa shape index (κ3) is 3.59. The number of methoxy groups -OCH3 is 3. The highest BCUT2D eigenvalue weighted by molar-refractivity contribution is 5.58. The van der Waals surface area contributed by atoms with Crippen molar-refractivity contribution in [2.75, 3.05) is 34.5 Å². The number of aliphatic hydroxyl groups excluding tert-OH is 2. The zero-order valence-electron chi connectivity index (χ0n) is 15.6. The highest BCUT2D eigenvalue weighted by Crippen LogP contribution is 2.49. The molecule has 0 spiro atoms. The van der Waals surface area contributed by atoms with Crippen LogP contribution in [0.5, 0.6) is 23.0 Å². The van der Waals surface area contributed by atoms with Gasteiger partial charge < -0.3 is 29.2 Å². The van der Waals surface area contributed by atoms with Gasteiger partial charge in [0.05, 0.1) is 40.5 Å². The first-order valence-electron chi connectivity index (χ1n) is 8.65. The zero-order valence-corrected chi connectivity index (χ0v) is 15.6. The van der Waals surface area contributed by atoms with Crippen molar-refractivity contribution in [2.45, 2.75) is 12.0 Å². The summed E-state index contributed by atoms with van der Waals surface area (Å²) in [5, 5.41) is 19.0. The number of aliphatic hydroxyl groups is 2. The second-order valence-electron chi connectivity index (χ2n) is 6.17. The van der Waals surface area contributed by atoms with Crippen LogP contribution in [0.25, 0.3) is 6.08 Å². The van der Waals surface area contributed by atoms with Crippen LogP contribution in [0.3, 0.4) is 0 Å². The Kier molecular flexibility index (Phi) is 5.88. The van der Waals surface area contributed by atoms with Crippen LogP contribution < -0.4 is 18.9 Å². The average Bonchev–Trinajstić information content (AvgIpc) is 3.08. The van der Waals surface area contributed by atoms with Crippen LogP contribution >= 0.6 is 0 Å². The fraction of sp³-hybridized carbons (Fsp3) is 0.333. The van der Waals surface area contributed by atoms with Gasteiger partial charge in [0.2, 0.25) is 5.75 Å². The van der Waals surface area contributed by atoms with E-state index in [0.717, 1.165) is 22.4 Å². The first kappa shape index (κ1) is 19.1. The molecule has 1 aliphatic heterocycles.